The third-order valence-corrected chi connectivity index (χ3v) is 1.00. The maximum absolute atomic E-state index is 10.6. The Balaban J connectivity index is 3.38. The van der Waals surface area contributed by atoms with Crippen molar-refractivity contribution >= 4 is 11.8 Å². The molecular weight excluding hydrogens is 148 g/mol. The van der Waals surface area contributed by atoms with Gasteiger partial charge in [0.25, 0.3) is 0 Å². The van der Waals surface area contributed by atoms with Gasteiger partial charge in [-0.1, -0.05) is 6.92 Å². The Morgan fingerprint density at radius 3 is 2.27 bits per heavy atom. The van der Waals surface area contributed by atoms with E-state index in [9.17, 15) is 9.59 Å². The minimum atomic E-state index is -0.394. The smallest absolute Gasteiger partial charge is 0.240 e. The second-order valence-corrected chi connectivity index (χ2v) is 1.92. The third kappa shape index (κ3) is 5.35. The predicted octanol–water partition coefficient (Wildman–Crippen LogP) is -1.07. The fourth-order valence-electron chi connectivity index (χ4n) is 0.392. The Hall–Kier alpha value is -1.10. The van der Waals surface area contributed by atoms with Gasteiger partial charge in [0.2, 0.25) is 11.8 Å². The first kappa shape index (κ1) is 9.90. The van der Waals surface area contributed by atoms with Crippen LogP contribution in [-0.4, -0.2) is 23.5 Å². The van der Waals surface area contributed by atoms with Crippen molar-refractivity contribution in [3.8, 4) is 0 Å². The van der Waals surface area contributed by atoms with Gasteiger partial charge in [0.1, 0.15) is 0 Å². The van der Waals surface area contributed by atoms with Gasteiger partial charge in [-0.3, -0.25) is 20.4 Å². The molecule has 0 bridgehead atoms. The van der Waals surface area contributed by atoms with E-state index in [1.807, 2.05) is 0 Å². The van der Waals surface area contributed by atoms with Crippen LogP contribution in [0.2, 0.25) is 0 Å². The maximum Gasteiger partial charge on any atom is 0.240 e. The zero-order chi connectivity index (χ0) is 8.69. The Morgan fingerprint density at radius 2 is 1.82 bits per heavy atom. The molecule has 64 valence electrons. The lowest BCUT2D eigenvalue weighted by Crippen LogP contribution is -2.41. The number of hydrogen-bond donors (Lipinski definition) is 3. The zero-order valence-electron chi connectivity index (χ0n) is 6.39. The van der Waals surface area contributed by atoms with Gasteiger partial charge in [-0.15, -0.1) is 0 Å². The highest BCUT2D eigenvalue weighted by atomic mass is 16.3. The molecule has 3 N–H and O–H groups in total. The number of nitrogens with one attached hydrogen (secondary N) is 2. The first-order valence-corrected chi connectivity index (χ1v) is 3.39. The second-order valence-electron chi connectivity index (χ2n) is 1.92. The van der Waals surface area contributed by atoms with Gasteiger partial charge in [-0.05, 0) is 0 Å². The third-order valence-electron chi connectivity index (χ3n) is 1.00. The molecule has 0 saturated heterocycles. The molecule has 0 aliphatic rings. The minimum Gasteiger partial charge on any atom is -0.396 e. The fraction of sp³-hybridized carbons (Fsp3) is 0.667. The molecular formula is C6H12N2O3. The molecule has 0 aromatic heterocycles. The number of carbonyl (C=O) groups excluding carboxylic acids is 2. The molecule has 0 spiro atoms. The van der Waals surface area contributed by atoms with Crippen molar-refractivity contribution < 1.29 is 14.7 Å². The lowest BCUT2D eigenvalue weighted by Gasteiger charge is -2.03. The summed E-state index contributed by atoms with van der Waals surface area (Å²) in [4.78, 5) is 21.1. The Labute approximate surface area is 64.8 Å². The van der Waals surface area contributed by atoms with E-state index < -0.39 is 5.91 Å². The predicted molar refractivity (Wildman–Crippen MR) is 38.3 cm³/mol. The highest BCUT2D eigenvalue weighted by Gasteiger charge is 2.00. The zero-order valence-corrected chi connectivity index (χ0v) is 6.39. The molecule has 0 aromatic rings. The van der Waals surface area contributed by atoms with Crippen LogP contribution < -0.4 is 10.9 Å². The molecule has 5 nitrogen and oxygen atoms in total. The lowest BCUT2D eigenvalue weighted by atomic mass is 10.4. The molecule has 0 rings (SSSR count). The van der Waals surface area contributed by atoms with Crippen LogP contribution in [0.5, 0.6) is 0 Å². The Kier molecular flexibility index (Phi) is 5.10. The normalized spacial score (nSPS) is 8.91. The van der Waals surface area contributed by atoms with Crippen molar-refractivity contribution in [3.05, 3.63) is 0 Å². The van der Waals surface area contributed by atoms with E-state index in [0.717, 1.165) is 0 Å². The number of amides is 2. The molecule has 0 saturated carbocycles. The molecule has 11 heavy (non-hydrogen) atoms. The number of aliphatic hydroxyl groups is 1. The number of carbonyl (C=O) groups is 2. The van der Waals surface area contributed by atoms with Gasteiger partial charge in [0.05, 0.1) is 13.0 Å². The van der Waals surface area contributed by atoms with Crippen molar-refractivity contribution in [2.75, 3.05) is 6.61 Å². The van der Waals surface area contributed by atoms with Crippen molar-refractivity contribution in [1.82, 2.24) is 10.9 Å². The van der Waals surface area contributed by atoms with Crippen LogP contribution in [0.25, 0.3) is 0 Å². The van der Waals surface area contributed by atoms with Crippen molar-refractivity contribution in [2.45, 2.75) is 19.8 Å². The van der Waals surface area contributed by atoms with Crippen molar-refractivity contribution in [1.29, 1.82) is 0 Å². The van der Waals surface area contributed by atoms with E-state index in [0.29, 0.717) is 6.42 Å². The summed E-state index contributed by atoms with van der Waals surface area (Å²) in [7, 11) is 0. The largest absolute Gasteiger partial charge is 0.396 e. The first-order valence-electron chi connectivity index (χ1n) is 3.39. The molecule has 0 unspecified atom stereocenters. The molecule has 0 fully saturated rings. The van der Waals surface area contributed by atoms with Crippen LogP contribution in [0.4, 0.5) is 0 Å². The van der Waals surface area contributed by atoms with E-state index in [1.54, 1.807) is 6.92 Å². The SMILES string of the molecule is CCC(=O)NNC(=O)CCO. The van der Waals surface area contributed by atoms with Crippen LogP contribution >= 0.6 is 0 Å². The van der Waals surface area contributed by atoms with Crippen LogP contribution in [0, 0.1) is 0 Å². The van der Waals surface area contributed by atoms with Gasteiger partial charge >= 0.3 is 0 Å². The molecule has 0 aromatic carbocycles. The molecule has 0 aliphatic heterocycles. The van der Waals surface area contributed by atoms with E-state index in [-0.39, 0.29) is 18.9 Å². The van der Waals surface area contributed by atoms with E-state index in [4.69, 9.17) is 5.11 Å². The first-order chi connectivity index (χ1) is 5.20. The standard InChI is InChI=1S/C6H12N2O3/c1-2-5(10)7-8-6(11)3-4-9/h9H,2-4H2,1H3,(H,7,10)(H,8,11). The maximum atomic E-state index is 10.6. The van der Waals surface area contributed by atoms with Gasteiger partial charge in [0.15, 0.2) is 0 Å². The molecule has 0 aliphatic carbocycles. The average molecular weight is 160 g/mol. The van der Waals surface area contributed by atoms with E-state index in [1.165, 1.54) is 0 Å². The van der Waals surface area contributed by atoms with Crippen molar-refractivity contribution in [2.24, 2.45) is 0 Å². The van der Waals surface area contributed by atoms with Crippen LogP contribution in [0.3, 0.4) is 0 Å². The number of hydrazine groups is 1. The molecule has 0 heterocycles. The highest BCUT2D eigenvalue weighted by molar-refractivity contribution is 5.81. The second kappa shape index (κ2) is 5.67. The summed E-state index contributed by atoms with van der Waals surface area (Å²) in [5.74, 6) is -0.648. The van der Waals surface area contributed by atoms with E-state index in [2.05, 4.69) is 10.9 Å². The Morgan fingerprint density at radius 1 is 1.27 bits per heavy atom. The summed E-state index contributed by atoms with van der Waals surface area (Å²) in [6.45, 7) is 1.46. The summed E-state index contributed by atoms with van der Waals surface area (Å²) >= 11 is 0. The summed E-state index contributed by atoms with van der Waals surface area (Å²) in [5.41, 5.74) is 4.30. The minimum absolute atomic E-state index is 0.00396. The van der Waals surface area contributed by atoms with Gasteiger partial charge in [0, 0.05) is 6.42 Å². The summed E-state index contributed by atoms with van der Waals surface area (Å²) < 4.78 is 0. The quantitative estimate of drug-likeness (QED) is 0.460. The molecule has 2 amide bonds. The number of rotatable bonds is 3. The molecule has 0 radical (unpaired) electrons. The van der Waals surface area contributed by atoms with Gasteiger partial charge in [-0.2, -0.15) is 0 Å². The van der Waals surface area contributed by atoms with Gasteiger partial charge < -0.3 is 5.11 Å². The number of hydrogen-bond acceptors (Lipinski definition) is 3. The van der Waals surface area contributed by atoms with Crippen molar-refractivity contribution in [3.63, 3.8) is 0 Å². The summed E-state index contributed by atoms with van der Waals surface area (Å²) in [6, 6.07) is 0. The summed E-state index contributed by atoms with van der Waals surface area (Å²) in [5, 5.41) is 8.29. The van der Waals surface area contributed by atoms with Gasteiger partial charge in [-0.25, -0.2) is 0 Å². The summed E-state index contributed by atoms with van der Waals surface area (Å²) in [6.07, 6.45) is 0.323. The monoisotopic (exact) mass is 160 g/mol. The van der Waals surface area contributed by atoms with Crippen LogP contribution in [0.1, 0.15) is 19.8 Å². The fourth-order valence-corrected chi connectivity index (χ4v) is 0.392. The molecule has 0 atom stereocenters. The number of aliphatic hydroxyl groups excluding tert-OH is 1. The Bertz CT molecular complexity index is 147. The van der Waals surface area contributed by atoms with Crippen LogP contribution in [-0.2, 0) is 9.59 Å². The van der Waals surface area contributed by atoms with Crippen LogP contribution in [0.15, 0.2) is 0 Å². The molecule has 5 heteroatoms. The topological polar surface area (TPSA) is 78.4 Å². The highest BCUT2D eigenvalue weighted by Crippen LogP contribution is 1.75. The average Bonchev–Trinajstić information content (AvgIpc) is 2.01. The van der Waals surface area contributed by atoms with E-state index >= 15 is 0 Å². The lowest BCUT2D eigenvalue weighted by molar-refractivity contribution is -0.129.